The van der Waals surface area contributed by atoms with E-state index in [1.54, 1.807) is 18.2 Å². The first-order chi connectivity index (χ1) is 20.1. The topological polar surface area (TPSA) is 110 Å². The largest absolute Gasteiger partial charge is 0.564 e. The maximum absolute atomic E-state index is 14.2. The first-order valence-corrected chi connectivity index (χ1v) is 15.8. The molecule has 3 aromatic carbocycles. The van der Waals surface area contributed by atoms with Crippen molar-refractivity contribution >= 4 is 39.2 Å². The van der Waals surface area contributed by atoms with Crippen LogP contribution in [0.1, 0.15) is 47.2 Å². The summed E-state index contributed by atoms with van der Waals surface area (Å²) in [5, 5.41) is 10.9. The Morgan fingerprint density at radius 2 is 1.71 bits per heavy atom. The number of fused-ring (bicyclic) bond motifs is 2. The van der Waals surface area contributed by atoms with Crippen molar-refractivity contribution in [3.63, 3.8) is 0 Å². The minimum absolute atomic E-state index is 0.0105. The summed E-state index contributed by atoms with van der Waals surface area (Å²) in [5.41, 5.74) is 1.95. The summed E-state index contributed by atoms with van der Waals surface area (Å²) in [7, 11) is -4.06. The highest BCUT2D eigenvalue weighted by molar-refractivity contribution is 7.92. The van der Waals surface area contributed by atoms with Crippen LogP contribution < -0.4 is 9.62 Å². The van der Waals surface area contributed by atoms with Crippen LogP contribution in [0.5, 0.6) is 0 Å². The van der Waals surface area contributed by atoms with Gasteiger partial charge in [-0.05, 0) is 104 Å². The Kier molecular flexibility index (Phi) is 7.49. The van der Waals surface area contributed by atoms with Gasteiger partial charge in [0.25, 0.3) is 15.9 Å². The van der Waals surface area contributed by atoms with E-state index in [9.17, 15) is 22.4 Å². The number of amides is 1. The number of piperidine rings is 1. The van der Waals surface area contributed by atoms with E-state index in [4.69, 9.17) is 16.7 Å². The number of nitrogens with one attached hydrogen (secondary N) is 1. The molecule has 2 aliphatic heterocycles. The van der Waals surface area contributed by atoms with E-state index in [0.29, 0.717) is 42.2 Å². The fourth-order valence-corrected chi connectivity index (χ4v) is 8.65. The summed E-state index contributed by atoms with van der Waals surface area (Å²) in [4.78, 5) is 26.8. The number of sulfonamides is 1. The van der Waals surface area contributed by atoms with E-state index in [0.717, 1.165) is 36.1 Å². The molecule has 1 aliphatic carbocycles. The molecule has 11 heteroatoms. The molecule has 3 aliphatic rings. The lowest BCUT2D eigenvalue weighted by Gasteiger charge is -2.44. The van der Waals surface area contributed by atoms with Gasteiger partial charge in [-0.2, -0.15) is 0 Å². The normalized spacial score (nSPS) is 20.0. The zero-order valence-electron chi connectivity index (χ0n) is 22.9. The molecule has 220 valence electrons. The molecule has 6 rings (SSSR count). The highest BCUT2D eigenvalue weighted by atomic mass is 35.5. The average Bonchev–Trinajstić information content (AvgIpc) is 3.77. The summed E-state index contributed by atoms with van der Waals surface area (Å²) in [5.74, 6) is -1.34. The molecular weight excluding hydrogens is 581 g/mol. The van der Waals surface area contributed by atoms with Crippen molar-refractivity contribution in [2.75, 3.05) is 23.9 Å². The number of carbonyl (C=O) groups excluding carboxylic acids is 2. The lowest BCUT2D eigenvalue weighted by Crippen LogP contribution is -2.54. The van der Waals surface area contributed by atoms with E-state index < -0.39 is 27.2 Å². The van der Waals surface area contributed by atoms with E-state index in [1.807, 2.05) is 29.2 Å². The minimum atomic E-state index is -4.06. The predicted octanol–water partition coefficient (Wildman–Crippen LogP) is 3.98. The third-order valence-corrected chi connectivity index (χ3v) is 11.0. The number of anilines is 1. The standard InChI is InChI=1S/C31H31ClFN3O5S/c32-26-4-2-1-3-22(26)18-34-30(39)21-7-12-27-25(17-21)31(13-15-35(16-14-31)19-28(37)38)29(20-5-6-20)36(27)42(40,41)24-10-8-23(33)9-11-24/h1-4,7-12,17,20,29H,5-6,13-16,18-19H2,(H,34,39)(H,37,38)/p+1. The number of halogens is 2. The van der Waals surface area contributed by atoms with Crippen LogP contribution in [-0.2, 0) is 26.8 Å². The molecule has 1 atom stereocenters. The van der Waals surface area contributed by atoms with Crippen LogP contribution in [0.2, 0.25) is 5.02 Å². The molecule has 2 fully saturated rings. The molecule has 0 aromatic heterocycles. The van der Waals surface area contributed by atoms with E-state index in [-0.39, 0.29) is 35.9 Å². The zero-order chi connectivity index (χ0) is 29.6. The van der Waals surface area contributed by atoms with Gasteiger partial charge in [0.05, 0.1) is 16.6 Å². The highest BCUT2D eigenvalue weighted by Crippen LogP contribution is 2.59. The van der Waals surface area contributed by atoms with Crippen molar-refractivity contribution in [2.24, 2.45) is 5.92 Å². The molecule has 0 bridgehead atoms. The molecule has 1 amide bonds. The minimum Gasteiger partial charge on any atom is -0.564 e. The van der Waals surface area contributed by atoms with Crippen LogP contribution in [0.3, 0.4) is 0 Å². The third-order valence-electron chi connectivity index (χ3n) is 8.80. The second-order valence-corrected chi connectivity index (χ2v) is 13.6. The Hall–Kier alpha value is -3.47. The predicted molar refractivity (Wildman–Crippen MR) is 158 cm³/mol. The van der Waals surface area contributed by atoms with Crippen LogP contribution >= 0.6 is 11.6 Å². The van der Waals surface area contributed by atoms with Crippen molar-refractivity contribution in [3.05, 3.63) is 94.3 Å². The first kappa shape index (κ1) is 28.6. The summed E-state index contributed by atoms with van der Waals surface area (Å²) >= 11 is 6.27. The molecule has 3 N–H and O–H groups in total. The van der Waals surface area contributed by atoms with Crippen LogP contribution in [0.25, 0.3) is 0 Å². The number of benzene rings is 3. The van der Waals surface area contributed by atoms with Gasteiger partial charge in [0.15, 0.2) is 6.54 Å². The number of rotatable bonds is 8. The molecule has 8 nitrogen and oxygen atoms in total. The van der Waals surface area contributed by atoms with Gasteiger partial charge in [0.2, 0.25) is 0 Å². The van der Waals surface area contributed by atoms with Crippen LogP contribution in [0.4, 0.5) is 10.1 Å². The monoisotopic (exact) mass is 612 g/mol. The van der Waals surface area contributed by atoms with Gasteiger partial charge in [-0.1, -0.05) is 29.8 Å². The van der Waals surface area contributed by atoms with Crippen LogP contribution in [-0.4, -0.2) is 56.0 Å². The molecule has 1 spiro atoms. The fraction of sp³-hybridized carbons (Fsp3) is 0.355. The van der Waals surface area contributed by atoms with E-state index >= 15 is 0 Å². The maximum atomic E-state index is 14.2. The molecule has 1 saturated carbocycles. The van der Waals surface area contributed by atoms with Crippen molar-refractivity contribution < 1.29 is 27.5 Å². The van der Waals surface area contributed by atoms with Crippen LogP contribution in [0, 0.1) is 11.7 Å². The number of hydrogen-bond donors (Lipinski definition) is 1. The Bertz CT molecular complexity index is 1640. The Labute approximate surface area is 249 Å². The smallest absolute Gasteiger partial charge is 0.530 e. The van der Waals surface area contributed by atoms with E-state index in [2.05, 4.69) is 5.32 Å². The van der Waals surface area contributed by atoms with Crippen molar-refractivity contribution in [1.82, 2.24) is 10.2 Å². The molecule has 3 aromatic rings. The highest BCUT2D eigenvalue weighted by Gasteiger charge is 2.60. The maximum Gasteiger partial charge on any atom is 0.530 e. The van der Waals surface area contributed by atoms with Gasteiger partial charge in [0.1, 0.15) is 5.82 Å². The van der Waals surface area contributed by atoms with Gasteiger partial charge < -0.3 is 10.4 Å². The Morgan fingerprint density at radius 1 is 1.02 bits per heavy atom. The van der Waals surface area contributed by atoms with Gasteiger partial charge >= 0.3 is 5.97 Å². The fourth-order valence-electron chi connectivity index (χ4n) is 6.65. The second kappa shape index (κ2) is 11.0. The van der Waals surface area contributed by atoms with Crippen molar-refractivity contribution in [2.45, 2.75) is 48.6 Å². The second-order valence-electron chi connectivity index (χ2n) is 11.4. The quantitative estimate of drug-likeness (QED) is 0.387. The Balaban J connectivity index is 1.40. The van der Waals surface area contributed by atoms with Crippen molar-refractivity contribution in [3.8, 4) is 0 Å². The van der Waals surface area contributed by atoms with Crippen LogP contribution in [0.15, 0.2) is 71.6 Å². The number of likely N-dealkylation sites (tertiary alicyclic amines) is 1. The summed E-state index contributed by atoms with van der Waals surface area (Å²) in [6, 6.07) is 16.9. The van der Waals surface area contributed by atoms with Gasteiger partial charge in [0, 0.05) is 27.3 Å². The summed E-state index contributed by atoms with van der Waals surface area (Å²) in [6.07, 6.45) is 2.93. The number of carbonyl (C=O) groups is 2. The first-order valence-electron chi connectivity index (χ1n) is 14.0. The molecule has 1 saturated heterocycles. The summed E-state index contributed by atoms with van der Waals surface area (Å²) < 4.78 is 43.7. The lowest BCUT2D eigenvalue weighted by molar-refractivity contribution is -0.138. The average molecular weight is 613 g/mol. The molecule has 42 heavy (non-hydrogen) atoms. The van der Waals surface area contributed by atoms with E-state index in [1.165, 1.54) is 16.4 Å². The third kappa shape index (κ3) is 5.16. The van der Waals surface area contributed by atoms with Gasteiger partial charge in [-0.15, -0.1) is 0 Å². The summed E-state index contributed by atoms with van der Waals surface area (Å²) in [6.45, 7) is 1.33. The molecule has 1 unspecified atom stereocenters. The Morgan fingerprint density at radius 3 is 2.36 bits per heavy atom. The molecule has 0 radical (unpaired) electrons. The SMILES string of the molecule is O=C([OH2+])CN1CCC2(CC1)c1cc(C(=O)NCc3ccccc3Cl)ccc1N(S(=O)(=O)c1ccc(F)cc1)C2C1CC1. The lowest BCUT2D eigenvalue weighted by atomic mass is 9.68. The molecule has 2 heterocycles. The van der Waals surface area contributed by atoms with Gasteiger partial charge in [-0.25, -0.2) is 12.8 Å². The number of nitrogens with zero attached hydrogens (tertiary/aromatic N) is 2. The van der Waals surface area contributed by atoms with Crippen molar-refractivity contribution in [1.29, 1.82) is 0 Å². The number of hydrogen-bond acceptors (Lipinski definition) is 5. The van der Waals surface area contributed by atoms with Gasteiger partial charge in [-0.3, -0.25) is 14.0 Å². The zero-order valence-corrected chi connectivity index (χ0v) is 24.4. The molecular formula is C31H32ClFN3O5S+.